The van der Waals surface area contributed by atoms with Crippen LogP contribution in [0.25, 0.3) is 11.3 Å². The molecule has 0 radical (unpaired) electrons. The summed E-state index contributed by atoms with van der Waals surface area (Å²) in [6, 6.07) is 19.0. The number of benzene rings is 1. The van der Waals surface area contributed by atoms with Crippen LogP contribution in [0.2, 0.25) is 0 Å². The van der Waals surface area contributed by atoms with E-state index < -0.39 is 0 Å². The fourth-order valence-corrected chi connectivity index (χ4v) is 3.11. The van der Waals surface area contributed by atoms with Crippen molar-refractivity contribution < 1.29 is 0 Å². The maximum atomic E-state index is 4.69. The summed E-state index contributed by atoms with van der Waals surface area (Å²) in [4.78, 5) is 8.83. The predicted octanol–water partition coefficient (Wildman–Crippen LogP) is 4.69. The predicted molar refractivity (Wildman–Crippen MR) is 88.5 cm³/mol. The summed E-state index contributed by atoms with van der Waals surface area (Å²) in [6.45, 7) is 0. The van der Waals surface area contributed by atoms with Gasteiger partial charge in [0.1, 0.15) is 0 Å². The first-order chi connectivity index (χ1) is 10.9. The van der Waals surface area contributed by atoms with E-state index in [2.05, 4.69) is 58.5 Å². The molecule has 0 spiro atoms. The minimum Gasteiger partial charge on any atom is -0.265 e. The Labute approximate surface area is 130 Å². The highest BCUT2D eigenvalue weighted by Gasteiger charge is 2.33. The monoisotopic (exact) mass is 286 g/mol. The summed E-state index contributed by atoms with van der Waals surface area (Å²) in [5, 5.41) is 0. The number of rotatable bonds is 4. The van der Waals surface area contributed by atoms with Crippen LogP contribution in [0.3, 0.4) is 0 Å². The molecular weight excluding hydrogens is 268 g/mol. The van der Waals surface area contributed by atoms with E-state index >= 15 is 0 Å². The summed E-state index contributed by atoms with van der Waals surface area (Å²) in [5.41, 5.74) is 4.87. The van der Waals surface area contributed by atoms with Gasteiger partial charge in [-0.1, -0.05) is 36.4 Å². The number of pyridine rings is 2. The van der Waals surface area contributed by atoms with Gasteiger partial charge in [0.2, 0.25) is 0 Å². The Morgan fingerprint density at radius 2 is 1.59 bits per heavy atom. The van der Waals surface area contributed by atoms with Gasteiger partial charge < -0.3 is 0 Å². The van der Waals surface area contributed by atoms with E-state index in [0.717, 1.165) is 11.6 Å². The van der Waals surface area contributed by atoms with E-state index in [-0.39, 0.29) is 0 Å². The van der Waals surface area contributed by atoms with Crippen molar-refractivity contribution in [2.75, 3.05) is 0 Å². The first-order valence-corrected chi connectivity index (χ1v) is 7.83. The lowest BCUT2D eigenvalue weighted by atomic mass is 9.88. The average molecular weight is 286 g/mol. The zero-order chi connectivity index (χ0) is 14.8. The Bertz CT molecular complexity index is 732. The van der Waals surface area contributed by atoms with Gasteiger partial charge >= 0.3 is 0 Å². The van der Waals surface area contributed by atoms with Crippen LogP contribution in [0.5, 0.6) is 0 Å². The van der Waals surface area contributed by atoms with Gasteiger partial charge in [-0.15, -0.1) is 0 Å². The summed E-state index contributed by atoms with van der Waals surface area (Å²) < 4.78 is 0. The van der Waals surface area contributed by atoms with Gasteiger partial charge in [0, 0.05) is 30.1 Å². The number of aromatic nitrogens is 2. The third-order valence-electron chi connectivity index (χ3n) is 4.37. The fraction of sp³-hybridized carbons (Fsp3) is 0.200. The van der Waals surface area contributed by atoms with E-state index in [1.165, 1.54) is 29.5 Å². The lowest BCUT2D eigenvalue weighted by Gasteiger charge is -2.17. The van der Waals surface area contributed by atoms with Crippen LogP contribution >= 0.6 is 0 Å². The molecule has 0 bridgehead atoms. The van der Waals surface area contributed by atoms with Crippen molar-refractivity contribution in [3.63, 3.8) is 0 Å². The molecule has 0 amide bonds. The SMILES string of the molecule is c1ccc(-c2ccc(C(c3ccncc3)C3CC3)cn2)cc1. The molecule has 0 N–H and O–H groups in total. The van der Waals surface area contributed by atoms with Crippen LogP contribution in [-0.4, -0.2) is 9.97 Å². The molecule has 1 aliphatic rings. The Morgan fingerprint density at radius 1 is 0.818 bits per heavy atom. The van der Waals surface area contributed by atoms with E-state index in [1.807, 2.05) is 24.7 Å². The van der Waals surface area contributed by atoms with Crippen LogP contribution < -0.4 is 0 Å². The summed E-state index contributed by atoms with van der Waals surface area (Å²) >= 11 is 0. The van der Waals surface area contributed by atoms with Crippen LogP contribution in [0, 0.1) is 5.92 Å². The minimum absolute atomic E-state index is 0.459. The standard InChI is InChI=1S/C20H18N2/c1-2-4-15(5-3-1)19-9-8-18(14-22-19)20(16-6-7-16)17-10-12-21-13-11-17/h1-5,8-14,16,20H,6-7H2. The summed E-state index contributed by atoms with van der Waals surface area (Å²) in [5.74, 6) is 1.21. The van der Waals surface area contributed by atoms with E-state index in [0.29, 0.717) is 5.92 Å². The van der Waals surface area contributed by atoms with Crippen molar-refractivity contribution in [3.8, 4) is 11.3 Å². The molecule has 0 saturated heterocycles. The first-order valence-electron chi connectivity index (χ1n) is 7.83. The number of hydrogen-bond donors (Lipinski definition) is 0. The van der Waals surface area contributed by atoms with Crippen molar-refractivity contribution >= 4 is 0 Å². The average Bonchev–Trinajstić information content (AvgIpc) is 3.43. The van der Waals surface area contributed by atoms with Gasteiger partial charge in [-0.3, -0.25) is 9.97 Å². The van der Waals surface area contributed by atoms with Crippen molar-refractivity contribution in [1.29, 1.82) is 0 Å². The second-order valence-electron chi connectivity index (χ2n) is 5.94. The molecular formula is C20H18N2. The van der Waals surface area contributed by atoms with Crippen LogP contribution in [0.15, 0.2) is 73.2 Å². The molecule has 1 saturated carbocycles. The molecule has 2 aromatic heterocycles. The quantitative estimate of drug-likeness (QED) is 0.695. The maximum absolute atomic E-state index is 4.69. The fourth-order valence-electron chi connectivity index (χ4n) is 3.11. The van der Waals surface area contributed by atoms with Crippen molar-refractivity contribution in [3.05, 3.63) is 84.3 Å². The molecule has 22 heavy (non-hydrogen) atoms. The minimum atomic E-state index is 0.459. The second kappa shape index (κ2) is 5.72. The lowest BCUT2D eigenvalue weighted by molar-refractivity contribution is 0.700. The van der Waals surface area contributed by atoms with Gasteiger partial charge in [-0.2, -0.15) is 0 Å². The molecule has 108 valence electrons. The molecule has 1 aliphatic carbocycles. The Kier molecular flexibility index (Phi) is 3.43. The summed E-state index contributed by atoms with van der Waals surface area (Å²) in [7, 11) is 0. The molecule has 1 unspecified atom stereocenters. The Balaban J connectivity index is 1.67. The largest absolute Gasteiger partial charge is 0.265 e. The smallest absolute Gasteiger partial charge is 0.0702 e. The molecule has 1 fully saturated rings. The summed E-state index contributed by atoms with van der Waals surface area (Å²) in [6.07, 6.45) is 8.44. The van der Waals surface area contributed by atoms with Gasteiger partial charge in [0.05, 0.1) is 5.69 Å². The molecule has 1 aromatic carbocycles. The highest BCUT2D eigenvalue weighted by Crippen LogP contribution is 2.46. The topological polar surface area (TPSA) is 25.8 Å². The normalized spacial score (nSPS) is 15.5. The third kappa shape index (κ3) is 2.64. The zero-order valence-corrected chi connectivity index (χ0v) is 12.4. The number of hydrogen-bond acceptors (Lipinski definition) is 2. The van der Waals surface area contributed by atoms with Crippen LogP contribution in [-0.2, 0) is 0 Å². The lowest BCUT2D eigenvalue weighted by Crippen LogP contribution is -2.04. The van der Waals surface area contributed by atoms with Gasteiger partial charge in [0.25, 0.3) is 0 Å². The molecule has 4 rings (SSSR count). The van der Waals surface area contributed by atoms with Crippen LogP contribution in [0.1, 0.15) is 29.9 Å². The third-order valence-corrected chi connectivity index (χ3v) is 4.37. The first kappa shape index (κ1) is 13.2. The Hall–Kier alpha value is -2.48. The number of nitrogens with zero attached hydrogens (tertiary/aromatic N) is 2. The van der Waals surface area contributed by atoms with E-state index in [4.69, 9.17) is 0 Å². The van der Waals surface area contributed by atoms with Gasteiger partial charge in [-0.25, -0.2) is 0 Å². The molecule has 1 atom stereocenters. The molecule has 2 heteroatoms. The van der Waals surface area contributed by atoms with Gasteiger partial charge in [0.15, 0.2) is 0 Å². The highest BCUT2D eigenvalue weighted by molar-refractivity contribution is 5.59. The van der Waals surface area contributed by atoms with Crippen molar-refractivity contribution in [1.82, 2.24) is 9.97 Å². The van der Waals surface area contributed by atoms with E-state index in [9.17, 15) is 0 Å². The zero-order valence-electron chi connectivity index (χ0n) is 12.4. The Morgan fingerprint density at radius 3 is 2.23 bits per heavy atom. The van der Waals surface area contributed by atoms with Crippen LogP contribution in [0.4, 0.5) is 0 Å². The highest BCUT2D eigenvalue weighted by atomic mass is 14.7. The molecule has 3 aromatic rings. The van der Waals surface area contributed by atoms with Crippen molar-refractivity contribution in [2.45, 2.75) is 18.8 Å². The molecule has 2 nitrogen and oxygen atoms in total. The van der Waals surface area contributed by atoms with Gasteiger partial charge in [-0.05, 0) is 48.1 Å². The van der Waals surface area contributed by atoms with E-state index in [1.54, 1.807) is 0 Å². The molecule has 2 heterocycles. The second-order valence-corrected chi connectivity index (χ2v) is 5.94. The molecule has 0 aliphatic heterocycles. The van der Waals surface area contributed by atoms with Crippen molar-refractivity contribution in [2.24, 2.45) is 5.92 Å². The maximum Gasteiger partial charge on any atom is 0.0702 e.